The largest absolute Gasteiger partial charge is 0.478 e. The van der Waals surface area contributed by atoms with Gasteiger partial charge >= 0.3 is 5.97 Å². The summed E-state index contributed by atoms with van der Waals surface area (Å²) in [4.78, 5) is 28.4. The van der Waals surface area contributed by atoms with Crippen LogP contribution in [0.25, 0.3) is 0 Å². The number of rotatable bonds is 5. The van der Waals surface area contributed by atoms with Crippen molar-refractivity contribution in [3.8, 4) is 0 Å². The Kier molecular flexibility index (Phi) is 4.47. The summed E-state index contributed by atoms with van der Waals surface area (Å²) in [6.07, 6.45) is 0. The third kappa shape index (κ3) is 3.43. The van der Waals surface area contributed by atoms with Crippen molar-refractivity contribution >= 4 is 17.7 Å². The van der Waals surface area contributed by atoms with E-state index in [1.807, 2.05) is 13.8 Å². The van der Waals surface area contributed by atoms with Gasteiger partial charge in [0.05, 0.1) is 6.54 Å². The van der Waals surface area contributed by atoms with Crippen LogP contribution in [0.4, 0.5) is 5.82 Å². The monoisotopic (exact) mass is 265 g/mol. The first-order valence-electron chi connectivity index (χ1n) is 6.00. The zero-order valence-electron chi connectivity index (χ0n) is 11.6. The molecule has 0 bridgehead atoms. The number of carboxylic acids is 1. The van der Waals surface area contributed by atoms with Crippen molar-refractivity contribution in [1.29, 1.82) is 0 Å². The van der Waals surface area contributed by atoms with Crippen LogP contribution in [0.2, 0.25) is 0 Å². The normalized spacial score (nSPS) is 10.6. The number of nitrogens with two attached hydrogens (primary N) is 1. The number of nitrogens with zero attached hydrogens (tertiary/aromatic N) is 2. The molecule has 6 nitrogen and oxygen atoms in total. The van der Waals surface area contributed by atoms with Crippen molar-refractivity contribution in [2.75, 3.05) is 11.4 Å². The maximum Gasteiger partial charge on any atom is 0.339 e. The number of aromatic carboxylic acids is 1. The molecule has 1 rings (SSSR count). The Balaban J connectivity index is 3.43. The fourth-order valence-electron chi connectivity index (χ4n) is 1.96. The van der Waals surface area contributed by atoms with Crippen LogP contribution in [0.1, 0.15) is 35.5 Å². The Labute approximate surface area is 112 Å². The molecule has 3 N–H and O–H groups in total. The molecule has 104 valence electrons. The lowest BCUT2D eigenvalue weighted by Gasteiger charge is -2.28. The number of aromatic nitrogens is 1. The minimum atomic E-state index is -1.06. The zero-order chi connectivity index (χ0) is 14.7. The molecule has 1 aromatic heterocycles. The molecular weight excluding hydrogens is 246 g/mol. The van der Waals surface area contributed by atoms with Crippen LogP contribution >= 0.6 is 0 Å². The standard InChI is InChI=1S/C13H19N3O3/c1-7(2)16(6-10(14)17)12-11(13(18)19)8(3)5-9(4)15-12/h5,7H,6H2,1-4H3,(H2,14,17)(H,18,19). The van der Waals surface area contributed by atoms with Gasteiger partial charge in [-0.3, -0.25) is 4.79 Å². The second kappa shape index (κ2) is 5.69. The van der Waals surface area contributed by atoms with Crippen LogP contribution in [0.15, 0.2) is 6.07 Å². The van der Waals surface area contributed by atoms with Crippen molar-refractivity contribution in [2.24, 2.45) is 5.73 Å². The van der Waals surface area contributed by atoms with E-state index < -0.39 is 11.9 Å². The number of hydrogen-bond acceptors (Lipinski definition) is 4. The highest BCUT2D eigenvalue weighted by Gasteiger charge is 2.23. The lowest BCUT2D eigenvalue weighted by molar-refractivity contribution is -0.116. The lowest BCUT2D eigenvalue weighted by Crippen LogP contribution is -2.40. The van der Waals surface area contributed by atoms with E-state index in [0.717, 1.165) is 0 Å². The van der Waals surface area contributed by atoms with E-state index in [4.69, 9.17) is 5.73 Å². The SMILES string of the molecule is Cc1cc(C)c(C(=O)O)c(N(CC(N)=O)C(C)C)n1. The number of carbonyl (C=O) groups is 2. The van der Waals surface area contributed by atoms with Crippen LogP contribution in [0.5, 0.6) is 0 Å². The highest BCUT2D eigenvalue weighted by Crippen LogP contribution is 2.24. The topological polar surface area (TPSA) is 96.5 Å². The van der Waals surface area contributed by atoms with Gasteiger partial charge in [0.1, 0.15) is 11.4 Å². The molecular formula is C13H19N3O3. The Bertz CT molecular complexity index is 512. The average Bonchev–Trinajstić information content (AvgIpc) is 2.23. The van der Waals surface area contributed by atoms with E-state index in [2.05, 4.69) is 4.98 Å². The number of aryl methyl sites for hydroxylation is 2. The molecule has 0 atom stereocenters. The summed E-state index contributed by atoms with van der Waals surface area (Å²) in [5.41, 5.74) is 6.64. The highest BCUT2D eigenvalue weighted by atomic mass is 16.4. The van der Waals surface area contributed by atoms with Crippen molar-refractivity contribution in [2.45, 2.75) is 33.7 Å². The fraction of sp³-hybridized carbons (Fsp3) is 0.462. The number of pyridine rings is 1. The number of amides is 1. The van der Waals surface area contributed by atoms with Crippen molar-refractivity contribution < 1.29 is 14.7 Å². The summed E-state index contributed by atoms with van der Waals surface area (Å²) in [5.74, 6) is -1.29. The number of carbonyl (C=O) groups excluding carboxylic acids is 1. The van der Waals surface area contributed by atoms with Gasteiger partial charge < -0.3 is 15.7 Å². The van der Waals surface area contributed by atoms with E-state index in [9.17, 15) is 14.7 Å². The maximum absolute atomic E-state index is 11.4. The van der Waals surface area contributed by atoms with Gasteiger partial charge in [-0.05, 0) is 39.3 Å². The van der Waals surface area contributed by atoms with E-state index in [-0.39, 0.29) is 18.2 Å². The molecule has 0 saturated carbocycles. The first kappa shape index (κ1) is 14.9. The summed E-state index contributed by atoms with van der Waals surface area (Å²) in [6.45, 7) is 7.14. The van der Waals surface area contributed by atoms with E-state index in [0.29, 0.717) is 17.1 Å². The minimum Gasteiger partial charge on any atom is -0.478 e. The van der Waals surface area contributed by atoms with Crippen LogP contribution in [0, 0.1) is 13.8 Å². The zero-order valence-corrected chi connectivity index (χ0v) is 11.6. The Hall–Kier alpha value is -2.11. The summed E-state index contributed by atoms with van der Waals surface area (Å²) < 4.78 is 0. The number of primary amides is 1. The molecule has 0 aliphatic carbocycles. The summed E-state index contributed by atoms with van der Waals surface area (Å²) in [7, 11) is 0. The van der Waals surface area contributed by atoms with Crippen molar-refractivity contribution in [3.05, 3.63) is 22.9 Å². The lowest BCUT2D eigenvalue weighted by atomic mass is 10.1. The van der Waals surface area contributed by atoms with Crippen molar-refractivity contribution in [1.82, 2.24) is 4.98 Å². The first-order chi connectivity index (χ1) is 8.73. The quantitative estimate of drug-likeness (QED) is 0.831. The predicted octanol–water partition coefficient (Wildman–Crippen LogP) is 1.10. The van der Waals surface area contributed by atoms with Gasteiger partial charge in [-0.15, -0.1) is 0 Å². The maximum atomic E-state index is 11.4. The molecule has 0 saturated heterocycles. The van der Waals surface area contributed by atoms with Crippen LogP contribution in [-0.4, -0.2) is 34.6 Å². The Morgan fingerprint density at radius 2 is 2.00 bits per heavy atom. The summed E-state index contributed by atoms with van der Waals surface area (Å²) in [6, 6.07) is 1.62. The third-order valence-electron chi connectivity index (χ3n) is 2.76. The molecule has 0 aliphatic rings. The Morgan fingerprint density at radius 3 is 2.42 bits per heavy atom. The summed E-state index contributed by atoms with van der Waals surface area (Å²) >= 11 is 0. The molecule has 1 amide bonds. The van der Waals surface area contributed by atoms with Gasteiger partial charge in [-0.1, -0.05) is 0 Å². The van der Waals surface area contributed by atoms with Gasteiger partial charge in [0, 0.05) is 11.7 Å². The molecule has 0 aliphatic heterocycles. The van der Waals surface area contributed by atoms with Crippen molar-refractivity contribution in [3.63, 3.8) is 0 Å². The third-order valence-corrected chi connectivity index (χ3v) is 2.76. The molecule has 0 unspecified atom stereocenters. The van der Waals surface area contributed by atoms with Gasteiger partial charge in [-0.25, -0.2) is 9.78 Å². The molecule has 1 heterocycles. The van der Waals surface area contributed by atoms with Gasteiger partial charge in [0.15, 0.2) is 0 Å². The van der Waals surface area contributed by atoms with E-state index >= 15 is 0 Å². The van der Waals surface area contributed by atoms with E-state index in [1.54, 1.807) is 24.8 Å². The number of anilines is 1. The molecule has 0 radical (unpaired) electrons. The molecule has 1 aromatic rings. The molecule has 0 fully saturated rings. The highest BCUT2D eigenvalue weighted by molar-refractivity contribution is 5.96. The van der Waals surface area contributed by atoms with Gasteiger partial charge in [0.25, 0.3) is 0 Å². The molecule has 19 heavy (non-hydrogen) atoms. The number of carboxylic acid groups (broad SMARTS) is 1. The second-order valence-corrected chi connectivity index (χ2v) is 4.77. The predicted molar refractivity (Wildman–Crippen MR) is 72.3 cm³/mol. The van der Waals surface area contributed by atoms with Gasteiger partial charge in [-0.2, -0.15) is 0 Å². The van der Waals surface area contributed by atoms with Crippen LogP contribution in [-0.2, 0) is 4.79 Å². The van der Waals surface area contributed by atoms with Gasteiger partial charge in [0.2, 0.25) is 5.91 Å². The molecule has 0 aromatic carbocycles. The number of hydrogen-bond donors (Lipinski definition) is 2. The fourth-order valence-corrected chi connectivity index (χ4v) is 1.96. The van der Waals surface area contributed by atoms with E-state index in [1.165, 1.54) is 0 Å². The second-order valence-electron chi connectivity index (χ2n) is 4.77. The Morgan fingerprint density at radius 1 is 1.42 bits per heavy atom. The van der Waals surface area contributed by atoms with Crippen LogP contribution in [0.3, 0.4) is 0 Å². The van der Waals surface area contributed by atoms with Crippen LogP contribution < -0.4 is 10.6 Å². The minimum absolute atomic E-state index is 0.0617. The first-order valence-corrected chi connectivity index (χ1v) is 6.00. The molecule has 0 spiro atoms. The average molecular weight is 265 g/mol. The smallest absolute Gasteiger partial charge is 0.339 e. The molecule has 6 heteroatoms. The summed E-state index contributed by atoms with van der Waals surface area (Å²) in [5, 5.41) is 9.32.